The van der Waals surface area contributed by atoms with Crippen LogP contribution in [0, 0.1) is 3.57 Å². The van der Waals surface area contributed by atoms with E-state index < -0.39 is 17.9 Å². The van der Waals surface area contributed by atoms with Crippen molar-refractivity contribution in [1.29, 1.82) is 0 Å². The van der Waals surface area contributed by atoms with Gasteiger partial charge in [-0.15, -0.1) is 0 Å². The van der Waals surface area contributed by atoms with Crippen LogP contribution >= 0.6 is 22.6 Å². The van der Waals surface area contributed by atoms with Crippen molar-refractivity contribution in [3.63, 3.8) is 0 Å². The number of fused-ring (bicyclic) bond motifs is 4. The first-order valence-corrected chi connectivity index (χ1v) is 8.86. The lowest BCUT2D eigenvalue weighted by Crippen LogP contribution is -2.76. The van der Waals surface area contributed by atoms with Crippen LogP contribution in [0.15, 0.2) is 42.6 Å². The third-order valence-corrected chi connectivity index (χ3v) is 5.83. The summed E-state index contributed by atoms with van der Waals surface area (Å²) in [4.78, 5) is 0. The van der Waals surface area contributed by atoms with Gasteiger partial charge in [0.2, 0.25) is 0 Å². The lowest BCUT2D eigenvalue weighted by atomic mass is 9.62. The first-order valence-electron chi connectivity index (χ1n) is 7.78. The van der Waals surface area contributed by atoms with E-state index in [4.69, 9.17) is 14.0 Å². The van der Waals surface area contributed by atoms with Gasteiger partial charge in [-0.2, -0.15) is 0 Å². The maximum absolute atomic E-state index is 6.62. The molecule has 0 bridgehead atoms. The predicted octanol–water partition coefficient (Wildman–Crippen LogP) is 2.98. The Kier molecular flexibility index (Phi) is 3.15. The van der Waals surface area contributed by atoms with Crippen molar-refractivity contribution in [2.75, 3.05) is 0 Å². The Labute approximate surface area is 149 Å². The Morgan fingerprint density at radius 1 is 1.00 bits per heavy atom. The van der Waals surface area contributed by atoms with Crippen LogP contribution in [-0.4, -0.2) is 17.9 Å². The molecule has 2 aliphatic heterocycles. The third-order valence-electron chi connectivity index (χ3n) is 5.16. The van der Waals surface area contributed by atoms with Gasteiger partial charge >= 0.3 is 12.6 Å². The van der Waals surface area contributed by atoms with Crippen LogP contribution < -0.4 is 14.7 Å². The van der Waals surface area contributed by atoms with Crippen LogP contribution in [0.4, 0.5) is 0 Å². The molecule has 0 N–H and O–H groups in total. The highest BCUT2D eigenvalue weighted by Gasteiger charge is 2.63. The molecule has 2 aliphatic rings. The Bertz CT molecular complexity index is 790. The number of ether oxygens (including phenoxy) is 1. The molecule has 120 valence electrons. The van der Waals surface area contributed by atoms with Crippen molar-refractivity contribution in [1.82, 2.24) is 0 Å². The van der Waals surface area contributed by atoms with E-state index in [1.807, 2.05) is 41.0 Å². The van der Waals surface area contributed by atoms with E-state index in [9.17, 15) is 0 Å². The minimum atomic E-state index is -1.85. The second kappa shape index (κ2) is 4.71. The van der Waals surface area contributed by atoms with Crippen LogP contribution in [0.5, 0.6) is 11.6 Å². The number of aromatic nitrogens is 1. The summed E-state index contributed by atoms with van der Waals surface area (Å²) in [6.07, 6.45) is 1.97. The van der Waals surface area contributed by atoms with Crippen molar-refractivity contribution in [2.45, 2.75) is 38.9 Å². The zero-order valence-electron chi connectivity index (χ0n) is 13.7. The van der Waals surface area contributed by atoms with Gasteiger partial charge in [-0.1, -0.05) is 6.07 Å². The highest BCUT2D eigenvalue weighted by atomic mass is 127. The quantitative estimate of drug-likeness (QED) is 0.483. The number of halogens is 1. The first-order chi connectivity index (χ1) is 10.8. The molecular formula is C17H19BINO3. The van der Waals surface area contributed by atoms with E-state index in [2.05, 4.69) is 56.4 Å². The van der Waals surface area contributed by atoms with Gasteiger partial charge in [0.25, 0.3) is 0 Å². The number of benzene rings is 1. The van der Waals surface area contributed by atoms with Gasteiger partial charge in [0.15, 0.2) is 0 Å². The SMILES string of the molecule is CC1(C)O[B-]2(OC1(C)C)c1cc(I)ccc1Oc1cccc[n+]12. The number of hydrogen-bond acceptors (Lipinski definition) is 3. The molecule has 3 heterocycles. The minimum absolute atomic E-state index is 0.428. The molecule has 23 heavy (non-hydrogen) atoms. The average Bonchev–Trinajstić information content (AvgIpc) is 2.66. The summed E-state index contributed by atoms with van der Waals surface area (Å²) in [5.74, 6) is 1.53. The Morgan fingerprint density at radius 3 is 2.39 bits per heavy atom. The highest BCUT2D eigenvalue weighted by molar-refractivity contribution is 14.1. The number of nitrogens with zero attached hydrogens (tertiary/aromatic N) is 1. The molecule has 1 aromatic carbocycles. The number of rotatable bonds is 0. The summed E-state index contributed by atoms with van der Waals surface area (Å²) in [7, 11) is 0. The van der Waals surface area contributed by atoms with Crippen molar-refractivity contribution in [3.05, 3.63) is 46.2 Å². The highest BCUT2D eigenvalue weighted by Crippen LogP contribution is 2.43. The molecule has 0 atom stereocenters. The molecule has 0 radical (unpaired) electrons. The van der Waals surface area contributed by atoms with Crippen LogP contribution in [0.3, 0.4) is 0 Å². The lowest BCUT2D eigenvalue weighted by Gasteiger charge is -2.36. The molecule has 0 aliphatic carbocycles. The van der Waals surface area contributed by atoms with Crippen molar-refractivity contribution in [3.8, 4) is 11.6 Å². The molecule has 4 rings (SSSR count). The summed E-state index contributed by atoms with van der Waals surface area (Å²) in [6, 6.07) is 12.0. The zero-order chi connectivity index (χ0) is 16.5. The fraction of sp³-hybridized carbons (Fsp3) is 0.353. The molecule has 4 nitrogen and oxygen atoms in total. The van der Waals surface area contributed by atoms with E-state index in [0.29, 0.717) is 0 Å². The average molecular weight is 423 g/mol. The molecule has 1 spiro atoms. The summed E-state index contributed by atoms with van der Waals surface area (Å²) < 4.78 is 22.4. The number of pyridine rings is 1. The van der Waals surface area contributed by atoms with Crippen LogP contribution in [-0.2, 0) is 9.31 Å². The van der Waals surface area contributed by atoms with E-state index in [1.165, 1.54) is 0 Å². The summed E-state index contributed by atoms with van der Waals surface area (Å²) in [6.45, 7) is 6.46. The second-order valence-corrected chi connectivity index (χ2v) is 8.40. The minimum Gasteiger partial charge on any atom is -0.495 e. The normalized spacial score (nSPS) is 22.3. The number of hydrogen-bond donors (Lipinski definition) is 0. The molecule has 0 saturated carbocycles. The summed E-state index contributed by atoms with van der Waals surface area (Å²) >= 11 is 2.31. The molecule has 2 aromatic rings. The van der Waals surface area contributed by atoms with Gasteiger partial charge in [-0.05, 0) is 80.0 Å². The van der Waals surface area contributed by atoms with E-state index >= 15 is 0 Å². The Morgan fingerprint density at radius 2 is 1.70 bits per heavy atom. The van der Waals surface area contributed by atoms with Crippen molar-refractivity contribution in [2.24, 2.45) is 0 Å². The monoisotopic (exact) mass is 423 g/mol. The molecular weight excluding hydrogens is 404 g/mol. The zero-order valence-corrected chi connectivity index (χ0v) is 15.8. The van der Waals surface area contributed by atoms with Crippen molar-refractivity contribution >= 4 is 34.7 Å². The molecule has 6 heteroatoms. The Hall–Kier alpha value is -1.12. The van der Waals surface area contributed by atoms with Gasteiger partial charge in [0.1, 0.15) is 11.9 Å². The Balaban J connectivity index is 2.02. The maximum Gasteiger partial charge on any atom is 0.583 e. The van der Waals surface area contributed by atoms with Crippen molar-refractivity contribution < 1.29 is 18.5 Å². The van der Waals surface area contributed by atoms with E-state index in [-0.39, 0.29) is 0 Å². The van der Waals surface area contributed by atoms with E-state index in [1.54, 1.807) is 0 Å². The first kappa shape index (κ1) is 15.4. The van der Waals surface area contributed by atoms with Gasteiger partial charge in [-0.3, -0.25) is 0 Å². The van der Waals surface area contributed by atoms with Crippen LogP contribution in [0.25, 0.3) is 0 Å². The molecule has 0 unspecified atom stereocenters. The third kappa shape index (κ3) is 2.08. The van der Waals surface area contributed by atoms with Gasteiger partial charge in [0, 0.05) is 20.8 Å². The van der Waals surface area contributed by atoms with Gasteiger partial charge in [-0.25, -0.2) is 0 Å². The fourth-order valence-electron chi connectivity index (χ4n) is 3.31. The molecule has 0 amide bonds. The van der Waals surface area contributed by atoms with Crippen LogP contribution in [0.2, 0.25) is 0 Å². The van der Waals surface area contributed by atoms with Crippen LogP contribution in [0.1, 0.15) is 27.7 Å². The van der Waals surface area contributed by atoms with Gasteiger partial charge in [0.05, 0.1) is 0 Å². The van der Waals surface area contributed by atoms with Gasteiger partial charge < -0.3 is 18.5 Å². The molecule has 1 fully saturated rings. The standard InChI is InChI=1S/C17H19BINO3/c1-16(2)17(3,4)23-18(22-16)13-11-12(19)8-9-14(13)21-15-7-5-6-10-20(15)18/h5-11H,1-4H3. The maximum atomic E-state index is 6.62. The second-order valence-electron chi connectivity index (χ2n) is 7.16. The molecule has 1 aromatic heterocycles. The van der Waals surface area contributed by atoms with E-state index in [0.717, 1.165) is 20.7 Å². The fourth-order valence-corrected chi connectivity index (χ4v) is 3.83. The topological polar surface area (TPSA) is 31.6 Å². The lowest BCUT2D eigenvalue weighted by molar-refractivity contribution is -0.580. The molecule has 1 saturated heterocycles. The smallest absolute Gasteiger partial charge is 0.495 e. The summed E-state index contributed by atoms with van der Waals surface area (Å²) in [5, 5.41) is 0. The predicted molar refractivity (Wildman–Crippen MR) is 97.0 cm³/mol. The largest absolute Gasteiger partial charge is 0.583 e. The summed E-state index contributed by atoms with van der Waals surface area (Å²) in [5.41, 5.74) is 0.102.